The predicted molar refractivity (Wildman–Crippen MR) is 76.4 cm³/mol. The number of fused-ring (bicyclic) bond motifs is 1. The summed E-state index contributed by atoms with van der Waals surface area (Å²) in [5, 5.41) is 11.9. The van der Waals surface area contributed by atoms with Crippen LogP contribution in [0.15, 0.2) is 52.0 Å². The molecule has 0 N–H and O–H groups in total. The molecule has 0 saturated heterocycles. The molecule has 3 heterocycles. The number of thiophene rings is 1. The minimum atomic E-state index is 0.743. The monoisotopic (exact) mass is 282 g/mol. The van der Waals surface area contributed by atoms with Gasteiger partial charge in [-0.1, -0.05) is 0 Å². The first-order valence-corrected chi connectivity index (χ1v) is 7.09. The van der Waals surface area contributed by atoms with Crippen LogP contribution in [0.5, 0.6) is 0 Å². The molecule has 4 rings (SSSR count). The van der Waals surface area contributed by atoms with Crippen molar-refractivity contribution in [1.29, 1.82) is 0 Å². The molecular formula is C14H10N4OS. The highest BCUT2D eigenvalue weighted by Gasteiger charge is 2.09. The van der Waals surface area contributed by atoms with Gasteiger partial charge in [0, 0.05) is 24.5 Å². The Bertz CT molecular complexity index is 847. The van der Waals surface area contributed by atoms with E-state index in [4.69, 9.17) is 4.63 Å². The Hall–Kier alpha value is -2.47. The second-order valence-corrected chi connectivity index (χ2v) is 5.26. The Kier molecular flexibility index (Phi) is 2.60. The van der Waals surface area contributed by atoms with Gasteiger partial charge in [0.05, 0.1) is 0 Å². The lowest BCUT2D eigenvalue weighted by Gasteiger charge is -2.06. The van der Waals surface area contributed by atoms with Gasteiger partial charge in [0.25, 0.3) is 0 Å². The summed E-state index contributed by atoms with van der Waals surface area (Å²) in [5.74, 6) is 0.918. The topological polar surface area (TPSA) is 56.7 Å². The van der Waals surface area contributed by atoms with Crippen LogP contribution in [0.3, 0.4) is 0 Å². The molecule has 3 aromatic heterocycles. The molecule has 0 radical (unpaired) electrons. The normalized spacial score (nSPS) is 11.2. The maximum absolute atomic E-state index is 4.73. The summed E-state index contributed by atoms with van der Waals surface area (Å²) in [4.78, 5) is 4.45. The van der Waals surface area contributed by atoms with Gasteiger partial charge in [-0.05, 0) is 50.9 Å². The van der Waals surface area contributed by atoms with Crippen LogP contribution < -0.4 is 0 Å². The van der Waals surface area contributed by atoms with Gasteiger partial charge in [0.1, 0.15) is 16.9 Å². The zero-order chi connectivity index (χ0) is 13.4. The third-order valence-electron chi connectivity index (χ3n) is 3.16. The Balaban J connectivity index is 1.76. The van der Waals surface area contributed by atoms with Crippen molar-refractivity contribution in [1.82, 2.24) is 19.9 Å². The summed E-state index contributed by atoms with van der Waals surface area (Å²) in [6, 6.07) is 7.95. The van der Waals surface area contributed by atoms with Crippen LogP contribution in [0.2, 0.25) is 0 Å². The Morgan fingerprint density at radius 1 is 1.15 bits per heavy atom. The lowest BCUT2D eigenvalue weighted by molar-refractivity contribution is 0.315. The number of aromatic nitrogens is 4. The van der Waals surface area contributed by atoms with Crippen LogP contribution >= 0.6 is 11.3 Å². The third kappa shape index (κ3) is 1.90. The summed E-state index contributed by atoms with van der Waals surface area (Å²) in [5.41, 5.74) is 3.78. The van der Waals surface area contributed by atoms with Gasteiger partial charge in [0.2, 0.25) is 0 Å². The van der Waals surface area contributed by atoms with Gasteiger partial charge in [-0.25, -0.2) is 9.61 Å². The zero-order valence-electron chi connectivity index (χ0n) is 10.4. The van der Waals surface area contributed by atoms with Crippen LogP contribution in [0.4, 0.5) is 0 Å². The van der Waals surface area contributed by atoms with E-state index in [1.807, 2.05) is 30.6 Å². The minimum Gasteiger partial charge on any atom is -0.327 e. The molecule has 1 aromatic carbocycles. The lowest BCUT2D eigenvalue weighted by Crippen LogP contribution is -1.99. The first kappa shape index (κ1) is 11.4. The highest BCUT2D eigenvalue weighted by atomic mass is 32.1. The van der Waals surface area contributed by atoms with Crippen LogP contribution in [-0.4, -0.2) is 19.9 Å². The fraction of sp³-hybridized carbons (Fsp3) is 0.0714. The molecule has 5 nitrogen and oxygen atoms in total. The Morgan fingerprint density at radius 3 is 3.00 bits per heavy atom. The average Bonchev–Trinajstić information content (AvgIpc) is 3.19. The van der Waals surface area contributed by atoms with Crippen molar-refractivity contribution in [2.45, 2.75) is 6.54 Å². The van der Waals surface area contributed by atoms with Gasteiger partial charge in [-0.2, -0.15) is 11.3 Å². The molecule has 0 aliphatic heterocycles. The fourth-order valence-corrected chi connectivity index (χ4v) is 2.86. The quantitative estimate of drug-likeness (QED) is 0.579. The lowest BCUT2D eigenvalue weighted by atomic mass is 10.2. The smallest absolute Gasteiger partial charge is 0.140 e. The van der Waals surface area contributed by atoms with Crippen LogP contribution in [-0.2, 0) is 6.54 Å². The molecule has 98 valence electrons. The molecule has 4 aromatic rings. The van der Waals surface area contributed by atoms with Crippen molar-refractivity contribution < 1.29 is 4.63 Å². The number of hydrogen-bond donors (Lipinski definition) is 0. The minimum absolute atomic E-state index is 0.743. The van der Waals surface area contributed by atoms with E-state index >= 15 is 0 Å². The summed E-state index contributed by atoms with van der Waals surface area (Å²) < 4.78 is 6.85. The van der Waals surface area contributed by atoms with Gasteiger partial charge in [-0.3, -0.25) is 0 Å². The third-order valence-corrected chi connectivity index (χ3v) is 3.89. The van der Waals surface area contributed by atoms with Crippen LogP contribution in [0.25, 0.3) is 22.4 Å². The summed E-state index contributed by atoms with van der Waals surface area (Å²) in [6.45, 7) is 0.813. The van der Waals surface area contributed by atoms with E-state index in [2.05, 4.69) is 36.7 Å². The molecule has 0 amide bonds. The van der Waals surface area contributed by atoms with Gasteiger partial charge >= 0.3 is 0 Å². The number of nitrogens with zero attached hydrogens (tertiary/aromatic N) is 4. The van der Waals surface area contributed by atoms with Crippen LogP contribution in [0, 0.1) is 0 Å². The summed E-state index contributed by atoms with van der Waals surface area (Å²) in [6.07, 6.45) is 3.80. The van der Waals surface area contributed by atoms with Crippen molar-refractivity contribution in [3.63, 3.8) is 0 Å². The first-order valence-electron chi connectivity index (χ1n) is 6.15. The Morgan fingerprint density at radius 2 is 2.10 bits per heavy atom. The van der Waals surface area contributed by atoms with Crippen molar-refractivity contribution in [2.24, 2.45) is 0 Å². The molecule has 20 heavy (non-hydrogen) atoms. The molecule has 0 atom stereocenters. The van der Waals surface area contributed by atoms with E-state index in [-0.39, 0.29) is 0 Å². The van der Waals surface area contributed by atoms with E-state index in [1.165, 1.54) is 5.56 Å². The summed E-state index contributed by atoms with van der Waals surface area (Å²) >= 11 is 1.70. The highest BCUT2D eigenvalue weighted by Crippen LogP contribution is 2.22. The van der Waals surface area contributed by atoms with Gasteiger partial charge in [0.15, 0.2) is 0 Å². The van der Waals surface area contributed by atoms with Gasteiger partial charge < -0.3 is 4.57 Å². The molecule has 0 unspecified atom stereocenters. The van der Waals surface area contributed by atoms with Gasteiger partial charge in [-0.15, -0.1) is 0 Å². The van der Waals surface area contributed by atoms with E-state index in [0.717, 1.165) is 29.0 Å². The molecule has 0 aliphatic carbocycles. The molecule has 0 aliphatic rings. The fourth-order valence-electron chi connectivity index (χ4n) is 2.20. The van der Waals surface area contributed by atoms with Crippen molar-refractivity contribution >= 4 is 22.4 Å². The molecule has 6 heteroatoms. The van der Waals surface area contributed by atoms with E-state index in [9.17, 15) is 0 Å². The predicted octanol–water partition coefficient (Wildman–Crippen LogP) is 3.20. The Labute approximate surface area is 118 Å². The second-order valence-electron chi connectivity index (χ2n) is 4.48. The standard InChI is InChI=1S/C14H10N4OS/c1-2-12-13(17-19-16-12)7-11(1)14-15-4-5-18(14)8-10-3-6-20-9-10/h1-7,9H,8H2. The largest absolute Gasteiger partial charge is 0.327 e. The maximum Gasteiger partial charge on any atom is 0.140 e. The summed E-state index contributed by atoms with van der Waals surface area (Å²) in [7, 11) is 0. The first-order chi connectivity index (χ1) is 9.90. The van der Waals surface area contributed by atoms with Crippen molar-refractivity contribution in [3.05, 3.63) is 53.0 Å². The number of hydrogen-bond acceptors (Lipinski definition) is 5. The number of benzene rings is 1. The van der Waals surface area contributed by atoms with Crippen molar-refractivity contribution in [3.8, 4) is 11.4 Å². The molecule has 0 spiro atoms. The van der Waals surface area contributed by atoms with E-state index in [0.29, 0.717) is 0 Å². The highest BCUT2D eigenvalue weighted by molar-refractivity contribution is 7.07. The molecule has 0 saturated carbocycles. The van der Waals surface area contributed by atoms with E-state index in [1.54, 1.807) is 11.3 Å². The average molecular weight is 282 g/mol. The molecule has 0 fully saturated rings. The number of rotatable bonds is 3. The van der Waals surface area contributed by atoms with E-state index < -0.39 is 0 Å². The molecule has 0 bridgehead atoms. The van der Waals surface area contributed by atoms with Crippen molar-refractivity contribution in [2.75, 3.05) is 0 Å². The molecular weight excluding hydrogens is 272 g/mol. The second kappa shape index (κ2) is 4.57. The van der Waals surface area contributed by atoms with Crippen LogP contribution in [0.1, 0.15) is 5.56 Å². The maximum atomic E-state index is 4.73. The zero-order valence-corrected chi connectivity index (χ0v) is 11.2. The SMILES string of the molecule is c1cn(Cc2ccsc2)c(-c2ccc3nonc3c2)n1. The number of imidazole rings is 1.